The fourth-order valence-corrected chi connectivity index (χ4v) is 2.21. The lowest BCUT2D eigenvalue weighted by Crippen LogP contribution is -2.27. The van der Waals surface area contributed by atoms with Gasteiger partial charge in [0.15, 0.2) is 0 Å². The zero-order chi connectivity index (χ0) is 14.0. The molecule has 102 valence electrons. The monoisotopic (exact) mass is 266 g/mol. The maximum absolute atomic E-state index is 13.1. The first-order chi connectivity index (χ1) is 9.02. The number of amides is 1. The second kappa shape index (κ2) is 5.34. The molecule has 5 nitrogen and oxygen atoms in total. The van der Waals surface area contributed by atoms with Crippen molar-refractivity contribution in [3.8, 4) is 0 Å². The molecule has 0 saturated heterocycles. The van der Waals surface area contributed by atoms with Crippen molar-refractivity contribution in [3.05, 3.63) is 39.7 Å². The second-order valence-electron chi connectivity index (χ2n) is 4.78. The summed E-state index contributed by atoms with van der Waals surface area (Å²) in [6, 6.07) is 2.97. The maximum Gasteiger partial charge on any atom is 0.282 e. The fourth-order valence-electron chi connectivity index (χ4n) is 2.21. The molecule has 2 rings (SSSR count). The van der Waals surface area contributed by atoms with E-state index in [0.717, 1.165) is 37.5 Å². The molecule has 1 aromatic rings. The molecule has 1 fully saturated rings. The normalized spacial score (nSPS) is 20.9. The van der Waals surface area contributed by atoms with E-state index >= 15 is 0 Å². The Balaban J connectivity index is 2.11. The highest BCUT2D eigenvalue weighted by Crippen LogP contribution is 2.35. The van der Waals surface area contributed by atoms with Crippen LogP contribution in [-0.4, -0.2) is 16.9 Å². The molecule has 1 N–H and O–H groups in total. The van der Waals surface area contributed by atoms with Gasteiger partial charge in [0, 0.05) is 12.1 Å². The Morgan fingerprint density at radius 3 is 2.95 bits per heavy atom. The summed E-state index contributed by atoms with van der Waals surface area (Å²) in [4.78, 5) is 22.1. The average molecular weight is 266 g/mol. The van der Waals surface area contributed by atoms with Crippen molar-refractivity contribution in [2.45, 2.75) is 32.2 Å². The first kappa shape index (κ1) is 13.5. The minimum absolute atomic E-state index is 0.0651. The van der Waals surface area contributed by atoms with Crippen LogP contribution in [0.25, 0.3) is 0 Å². The van der Waals surface area contributed by atoms with Crippen LogP contribution >= 0.6 is 0 Å². The number of nitrogens with zero attached hydrogens (tertiary/aromatic N) is 1. The molecule has 0 aromatic heterocycles. The third kappa shape index (κ3) is 3.07. The number of halogens is 1. The summed E-state index contributed by atoms with van der Waals surface area (Å²) < 4.78 is 13.1. The number of nitro groups is 1. The summed E-state index contributed by atoms with van der Waals surface area (Å²) in [5.41, 5.74) is -0.585. The summed E-state index contributed by atoms with van der Waals surface area (Å²) in [5, 5.41) is 13.5. The molecule has 0 heterocycles. The zero-order valence-electron chi connectivity index (χ0n) is 10.6. The van der Waals surface area contributed by atoms with Crippen LogP contribution in [0, 0.1) is 21.8 Å². The van der Waals surface area contributed by atoms with Gasteiger partial charge in [0.2, 0.25) is 0 Å². The maximum atomic E-state index is 13.1. The minimum atomic E-state index is -0.676. The molecular weight excluding hydrogens is 251 g/mol. The van der Waals surface area contributed by atoms with E-state index in [4.69, 9.17) is 0 Å². The van der Waals surface area contributed by atoms with Crippen LogP contribution in [0.3, 0.4) is 0 Å². The topological polar surface area (TPSA) is 72.2 Å². The van der Waals surface area contributed by atoms with E-state index in [-0.39, 0.29) is 17.3 Å². The Morgan fingerprint density at radius 2 is 2.32 bits per heavy atom. The van der Waals surface area contributed by atoms with Crippen LogP contribution in [0.4, 0.5) is 10.1 Å². The van der Waals surface area contributed by atoms with E-state index in [1.165, 1.54) is 0 Å². The molecule has 1 aromatic carbocycles. The Morgan fingerprint density at radius 1 is 1.58 bits per heavy atom. The highest BCUT2D eigenvalue weighted by molar-refractivity contribution is 5.98. The predicted molar refractivity (Wildman–Crippen MR) is 67.3 cm³/mol. The summed E-state index contributed by atoms with van der Waals surface area (Å²) in [6.07, 6.45) is 2.95. The molecule has 0 aliphatic heterocycles. The van der Waals surface area contributed by atoms with Gasteiger partial charge >= 0.3 is 0 Å². The molecule has 1 amide bonds. The molecule has 1 aliphatic carbocycles. The van der Waals surface area contributed by atoms with E-state index in [2.05, 4.69) is 12.2 Å². The van der Waals surface area contributed by atoms with Gasteiger partial charge in [-0.15, -0.1) is 0 Å². The van der Waals surface area contributed by atoms with Gasteiger partial charge in [0.25, 0.3) is 11.6 Å². The molecule has 1 saturated carbocycles. The molecule has 0 spiro atoms. The number of nitro benzene ring substituents is 1. The van der Waals surface area contributed by atoms with Crippen LogP contribution in [0.1, 0.15) is 36.5 Å². The number of carbonyl (C=O) groups excluding carboxylic acids is 1. The third-order valence-corrected chi connectivity index (χ3v) is 3.30. The van der Waals surface area contributed by atoms with Crippen LogP contribution < -0.4 is 5.32 Å². The number of nitrogens with one attached hydrogen (secondary N) is 1. The fraction of sp³-hybridized carbons (Fsp3) is 0.462. The van der Waals surface area contributed by atoms with E-state index in [0.29, 0.717) is 5.92 Å². The van der Waals surface area contributed by atoms with Gasteiger partial charge in [-0.2, -0.15) is 0 Å². The second-order valence-corrected chi connectivity index (χ2v) is 4.78. The van der Waals surface area contributed by atoms with Crippen molar-refractivity contribution < 1.29 is 14.1 Å². The van der Waals surface area contributed by atoms with Crippen LogP contribution in [-0.2, 0) is 0 Å². The molecular formula is C13H15FN2O3. The molecule has 6 heteroatoms. The van der Waals surface area contributed by atoms with E-state index in [1.54, 1.807) is 0 Å². The molecule has 0 bridgehead atoms. The quantitative estimate of drug-likeness (QED) is 0.657. The van der Waals surface area contributed by atoms with Crippen molar-refractivity contribution in [2.24, 2.45) is 5.92 Å². The number of carbonyl (C=O) groups is 1. The van der Waals surface area contributed by atoms with Crippen molar-refractivity contribution in [1.82, 2.24) is 5.32 Å². The van der Waals surface area contributed by atoms with Crippen molar-refractivity contribution in [2.75, 3.05) is 0 Å². The molecule has 19 heavy (non-hydrogen) atoms. The zero-order valence-corrected chi connectivity index (χ0v) is 10.6. The van der Waals surface area contributed by atoms with Gasteiger partial charge in [-0.25, -0.2) is 4.39 Å². The Kier molecular flexibility index (Phi) is 3.78. The van der Waals surface area contributed by atoms with Gasteiger partial charge in [-0.05, 0) is 30.9 Å². The van der Waals surface area contributed by atoms with Crippen LogP contribution in [0.15, 0.2) is 18.2 Å². The average Bonchev–Trinajstić information content (AvgIpc) is 3.07. The Bertz CT molecular complexity index is 519. The highest BCUT2D eigenvalue weighted by Gasteiger charge is 2.38. The smallest absolute Gasteiger partial charge is 0.282 e. The number of hydrogen-bond donors (Lipinski definition) is 1. The first-order valence-electron chi connectivity index (χ1n) is 6.27. The Labute approximate surface area is 110 Å². The van der Waals surface area contributed by atoms with Gasteiger partial charge in [-0.3, -0.25) is 14.9 Å². The summed E-state index contributed by atoms with van der Waals surface area (Å²) >= 11 is 0. The Hall–Kier alpha value is -1.98. The third-order valence-electron chi connectivity index (χ3n) is 3.30. The first-order valence-corrected chi connectivity index (χ1v) is 6.27. The lowest BCUT2D eigenvalue weighted by Gasteiger charge is -2.05. The van der Waals surface area contributed by atoms with Crippen molar-refractivity contribution >= 4 is 11.6 Å². The summed E-state index contributed by atoms with van der Waals surface area (Å²) in [5.74, 6) is -0.784. The number of benzene rings is 1. The number of hydrogen-bond acceptors (Lipinski definition) is 3. The molecule has 0 radical (unpaired) electrons. The SMILES string of the molecule is CCCC1CC1NC(=O)c1cc(F)ccc1[N+](=O)[O-]. The lowest BCUT2D eigenvalue weighted by atomic mass is 10.1. The predicted octanol–water partition coefficient (Wildman–Crippen LogP) is 2.65. The van der Waals surface area contributed by atoms with Crippen molar-refractivity contribution in [1.29, 1.82) is 0 Å². The molecule has 2 unspecified atom stereocenters. The standard InChI is InChI=1S/C13H15FN2O3/c1-2-3-8-6-11(8)15-13(17)10-7-9(14)4-5-12(10)16(18)19/h4-5,7-8,11H,2-3,6H2,1H3,(H,15,17). The van der Waals surface area contributed by atoms with E-state index in [1.807, 2.05) is 0 Å². The summed E-state index contributed by atoms with van der Waals surface area (Å²) in [7, 11) is 0. The number of rotatable bonds is 5. The van der Waals surface area contributed by atoms with E-state index < -0.39 is 16.6 Å². The lowest BCUT2D eigenvalue weighted by molar-refractivity contribution is -0.385. The summed E-state index contributed by atoms with van der Waals surface area (Å²) in [6.45, 7) is 2.06. The minimum Gasteiger partial charge on any atom is -0.349 e. The van der Waals surface area contributed by atoms with E-state index in [9.17, 15) is 19.3 Å². The van der Waals surface area contributed by atoms with Gasteiger partial charge < -0.3 is 5.32 Å². The van der Waals surface area contributed by atoms with Crippen LogP contribution in [0.5, 0.6) is 0 Å². The molecule has 2 atom stereocenters. The van der Waals surface area contributed by atoms with Crippen LogP contribution in [0.2, 0.25) is 0 Å². The van der Waals surface area contributed by atoms with Gasteiger partial charge in [0.1, 0.15) is 11.4 Å². The van der Waals surface area contributed by atoms with Gasteiger partial charge in [-0.1, -0.05) is 13.3 Å². The largest absolute Gasteiger partial charge is 0.349 e. The molecule has 1 aliphatic rings. The highest BCUT2D eigenvalue weighted by atomic mass is 19.1. The van der Waals surface area contributed by atoms with Gasteiger partial charge in [0.05, 0.1) is 4.92 Å². The van der Waals surface area contributed by atoms with Crippen molar-refractivity contribution in [3.63, 3.8) is 0 Å².